The molecule has 4 amide bonds. The third-order valence-electron chi connectivity index (χ3n) is 14.3. The molecule has 3 N–H and O–H groups in total. The van der Waals surface area contributed by atoms with Crippen molar-refractivity contribution in [3.63, 3.8) is 0 Å². The molecular weight excluding hydrogens is 821 g/mol. The van der Waals surface area contributed by atoms with Crippen LogP contribution in [0.1, 0.15) is 88.5 Å². The summed E-state index contributed by atoms with van der Waals surface area (Å²) in [6, 6.07) is 9.59. The Hall–Kier alpha value is -6.35. The number of carbonyl (C=O) groups is 4. The second-order valence-corrected chi connectivity index (χ2v) is 19.0. The Kier molecular flexibility index (Phi) is 11.9. The van der Waals surface area contributed by atoms with Crippen LogP contribution in [0.4, 0.5) is 0 Å². The van der Waals surface area contributed by atoms with Crippen molar-refractivity contribution >= 4 is 34.5 Å². The summed E-state index contributed by atoms with van der Waals surface area (Å²) >= 11 is 0. The minimum absolute atomic E-state index is 0.0384. The number of likely N-dealkylation sites (tertiary alicyclic amines) is 1. The normalized spacial score (nSPS) is 22.4. The van der Waals surface area contributed by atoms with Gasteiger partial charge in [0.2, 0.25) is 17.7 Å². The highest BCUT2D eigenvalue weighted by atomic mass is 16.3. The maximum absolute atomic E-state index is 15.0. The molecule has 15 heteroatoms. The van der Waals surface area contributed by atoms with Gasteiger partial charge in [-0.3, -0.25) is 24.2 Å². The summed E-state index contributed by atoms with van der Waals surface area (Å²) in [4.78, 5) is 73.0. The van der Waals surface area contributed by atoms with Crippen molar-refractivity contribution in [3.8, 4) is 28.1 Å². The molecule has 340 valence electrons. The Labute approximate surface area is 379 Å². The fraction of sp³-hybridized carbons (Fsp3) is 0.460. The van der Waals surface area contributed by atoms with Gasteiger partial charge in [0.05, 0.1) is 17.7 Å². The summed E-state index contributed by atoms with van der Waals surface area (Å²) in [6.45, 7) is 14.5. The molecule has 10 bridgehead atoms. The predicted molar refractivity (Wildman–Crippen MR) is 247 cm³/mol. The third kappa shape index (κ3) is 8.08. The summed E-state index contributed by atoms with van der Waals surface area (Å²) in [6.07, 6.45) is 13.3. The molecular formula is C50H60N10O5. The lowest BCUT2D eigenvalue weighted by atomic mass is 9.74. The zero-order valence-electron chi connectivity index (χ0n) is 38.1. The Bertz CT molecular complexity index is 2670. The van der Waals surface area contributed by atoms with E-state index in [4.69, 9.17) is 4.98 Å². The third-order valence-corrected chi connectivity index (χ3v) is 14.3. The first-order valence-electron chi connectivity index (χ1n) is 23.1. The van der Waals surface area contributed by atoms with Crippen LogP contribution in [-0.2, 0) is 50.5 Å². The van der Waals surface area contributed by atoms with Crippen molar-refractivity contribution in [3.05, 3.63) is 96.6 Å². The number of phenols is 1. The van der Waals surface area contributed by atoms with E-state index in [9.17, 15) is 24.3 Å². The van der Waals surface area contributed by atoms with Crippen molar-refractivity contribution in [2.24, 2.45) is 11.8 Å². The van der Waals surface area contributed by atoms with E-state index in [-0.39, 0.29) is 53.8 Å². The number of aromatic nitrogens is 5. The summed E-state index contributed by atoms with van der Waals surface area (Å²) in [7, 11) is 1.62. The molecule has 5 atom stereocenters. The molecule has 5 aromatic rings. The van der Waals surface area contributed by atoms with E-state index in [1.165, 1.54) is 16.5 Å². The lowest BCUT2D eigenvalue weighted by Crippen LogP contribution is -2.60. The molecule has 0 radical (unpaired) electrons. The van der Waals surface area contributed by atoms with Crippen LogP contribution in [0.3, 0.4) is 0 Å². The largest absolute Gasteiger partial charge is 0.508 e. The molecule has 2 aromatic carbocycles. The lowest BCUT2D eigenvalue weighted by Gasteiger charge is -2.39. The molecule has 0 aliphatic carbocycles. The highest BCUT2D eigenvalue weighted by Crippen LogP contribution is 2.45. The van der Waals surface area contributed by atoms with E-state index < -0.39 is 23.9 Å². The van der Waals surface area contributed by atoms with E-state index in [2.05, 4.69) is 68.5 Å². The van der Waals surface area contributed by atoms with Gasteiger partial charge in [-0.25, -0.2) is 20.4 Å². The number of hydrogen-bond donors (Lipinski definition) is 3. The van der Waals surface area contributed by atoms with Crippen molar-refractivity contribution in [1.82, 2.24) is 49.6 Å². The molecule has 3 unspecified atom stereocenters. The van der Waals surface area contributed by atoms with Crippen LogP contribution in [0.25, 0.3) is 33.3 Å². The van der Waals surface area contributed by atoms with E-state index in [0.717, 1.165) is 90.0 Å². The molecule has 2 fully saturated rings. The first kappa shape index (κ1) is 43.9. The van der Waals surface area contributed by atoms with E-state index in [1.54, 1.807) is 35.4 Å². The molecule has 4 aliphatic heterocycles. The van der Waals surface area contributed by atoms with Gasteiger partial charge in [-0.2, -0.15) is 0 Å². The summed E-state index contributed by atoms with van der Waals surface area (Å²) in [5.74, 6) is -1.07. The molecule has 0 saturated carbocycles. The highest BCUT2D eigenvalue weighted by molar-refractivity contribution is 5.96. The van der Waals surface area contributed by atoms with Gasteiger partial charge >= 0.3 is 0 Å². The van der Waals surface area contributed by atoms with Crippen molar-refractivity contribution in [2.75, 3.05) is 26.7 Å². The van der Waals surface area contributed by atoms with Gasteiger partial charge < -0.3 is 29.4 Å². The quantitative estimate of drug-likeness (QED) is 0.165. The number of hydrogen-bond acceptors (Lipinski definition) is 9. The van der Waals surface area contributed by atoms with Gasteiger partial charge in [0.25, 0.3) is 5.91 Å². The van der Waals surface area contributed by atoms with E-state index in [1.807, 2.05) is 38.5 Å². The van der Waals surface area contributed by atoms with E-state index >= 15 is 0 Å². The van der Waals surface area contributed by atoms with Crippen LogP contribution < -0.4 is 10.7 Å². The van der Waals surface area contributed by atoms with Crippen LogP contribution in [0.2, 0.25) is 0 Å². The van der Waals surface area contributed by atoms with Gasteiger partial charge in [-0.15, -0.1) is 0 Å². The average Bonchev–Trinajstić information content (AvgIpc) is 4.05. The topological polar surface area (TPSA) is 171 Å². The number of fused-ring (bicyclic) bond motifs is 7. The van der Waals surface area contributed by atoms with Crippen molar-refractivity contribution in [2.45, 2.75) is 109 Å². The number of carbonyl (C=O) groups excluding carboxylic acids is 4. The van der Waals surface area contributed by atoms with Crippen molar-refractivity contribution in [1.29, 1.82) is 0 Å². The Morgan fingerprint density at radius 3 is 2.58 bits per heavy atom. The van der Waals surface area contributed by atoms with Gasteiger partial charge in [0.15, 0.2) is 0 Å². The maximum Gasteiger partial charge on any atom is 0.259 e. The maximum atomic E-state index is 15.0. The summed E-state index contributed by atoms with van der Waals surface area (Å²) < 4.78 is 4.71. The molecule has 65 heavy (non-hydrogen) atoms. The second-order valence-electron chi connectivity index (χ2n) is 19.0. The number of benzene rings is 2. The lowest BCUT2D eigenvalue weighted by molar-refractivity contribution is -0.146. The van der Waals surface area contributed by atoms with Crippen LogP contribution in [-0.4, -0.2) is 106 Å². The monoisotopic (exact) mass is 880 g/mol. The molecule has 15 nitrogen and oxygen atoms in total. The SMILES string of the molecule is C=CC(=O)N1CCC(C(=O)N(C)C(C(=O)N[C@H]2Cc3cc(O)cc(c3)-c3ccc4c(c3)c(c(-c3cncnc3)n4CC)CC3(C)CCCn4c3cnc4[C@@H]3CCCN(N3)C2=O)C(C)C)C1. The number of imidazole rings is 1. The van der Waals surface area contributed by atoms with Crippen LogP contribution in [0.5, 0.6) is 5.75 Å². The number of nitrogens with one attached hydrogen (secondary N) is 2. The minimum atomic E-state index is -1.06. The van der Waals surface area contributed by atoms with E-state index in [0.29, 0.717) is 25.1 Å². The number of phenolic OH excluding ortho intramolecular Hbond substituents is 1. The van der Waals surface area contributed by atoms with Gasteiger partial charge in [0.1, 0.15) is 30.0 Å². The predicted octanol–water partition coefficient (Wildman–Crippen LogP) is 5.71. The smallest absolute Gasteiger partial charge is 0.259 e. The summed E-state index contributed by atoms with van der Waals surface area (Å²) in [5.41, 5.74) is 11.1. The fourth-order valence-electron chi connectivity index (χ4n) is 11.2. The molecule has 9 rings (SSSR count). The Morgan fingerprint density at radius 1 is 1.03 bits per heavy atom. The Balaban J connectivity index is 1.14. The number of aromatic hydroxyl groups is 1. The Morgan fingerprint density at radius 2 is 1.83 bits per heavy atom. The fourth-order valence-corrected chi connectivity index (χ4v) is 11.2. The molecule has 3 aromatic heterocycles. The first-order chi connectivity index (χ1) is 31.3. The number of nitrogens with zero attached hydrogens (tertiary/aromatic N) is 8. The second kappa shape index (κ2) is 17.6. The number of rotatable bonds is 8. The molecule has 0 spiro atoms. The van der Waals surface area contributed by atoms with Crippen molar-refractivity contribution < 1.29 is 24.3 Å². The standard InChI is InChI=1S/C50H60N10O5/c1-7-43(62)57-18-14-33(28-57)48(64)56(6)44(30(3)4)47(63)54-40-21-31-19-34(22-36(61)20-31)32-12-13-41-37(23-32)38(45(58(41)8-2)35-25-51-29-52-26-35)24-50(5)15-10-16-59-42(50)27-53-46(59)39-11-9-17-60(55-39)49(40)65/h7,12-13,19-20,22-23,25-27,29-30,33,39-40,44,55,61H,1,8-11,14-18,21,24,28H2,2-6H3,(H,54,63)/t33?,39-,40-,44?,50?/m0/s1. The molecule has 2 saturated heterocycles. The van der Waals surface area contributed by atoms with Gasteiger partial charge in [-0.1, -0.05) is 39.5 Å². The first-order valence-corrected chi connectivity index (χ1v) is 23.1. The molecule has 4 aliphatic rings. The molecule has 7 heterocycles. The minimum Gasteiger partial charge on any atom is -0.508 e. The highest BCUT2D eigenvalue weighted by Gasteiger charge is 2.41. The summed E-state index contributed by atoms with van der Waals surface area (Å²) in [5, 5.41) is 17.2. The zero-order chi connectivity index (χ0) is 45.7. The number of hydrazine groups is 1. The number of likely N-dealkylation sites (N-methyl/N-ethyl adjacent to an activating group) is 1. The van der Waals surface area contributed by atoms with Crippen LogP contribution in [0.15, 0.2) is 74.0 Å². The zero-order valence-corrected chi connectivity index (χ0v) is 38.1. The number of amides is 4. The number of aryl methyl sites for hydroxylation is 1. The van der Waals surface area contributed by atoms with Gasteiger partial charge in [0, 0.05) is 92.4 Å². The van der Waals surface area contributed by atoms with Crippen LogP contribution in [0, 0.1) is 11.8 Å². The average molecular weight is 881 g/mol. The van der Waals surface area contributed by atoms with Gasteiger partial charge in [-0.05, 0) is 104 Å². The van der Waals surface area contributed by atoms with Crippen LogP contribution >= 0.6 is 0 Å².